The van der Waals surface area contributed by atoms with E-state index in [-0.39, 0.29) is 11.9 Å². The van der Waals surface area contributed by atoms with Crippen LogP contribution in [-0.4, -0.2) is 29.2 Å². The number of hydrogen-bond acceptors (Lipinski definition) is 5. The van der Waals surface area contributed by atoms with E-state index in [1.54, 1.807) is 0 Å². The number of halogens is 1. The molecule has 1 aromatic carbocycles. The molecule has 1 unspecified atom stereocenters. The van der Waals surface area contributed by atoms with Crippen molar-refractivity contribution in [1.82, 2.24) is 9.55 Å². The fraction of sp³-hybridized carbons (Fsp3) is 0.333. The van der Waals surface area contributed by atoms with Crippen LogP contribution in [0.1, 0.15) is 31.2 Å². The normalized spacial score (nSPS) is 17.5. The lowest BCUT2D eigenvalue weighted by Crippen LogP contribution is -2.19. The van der Waals surface area contributed by atoms with Crippen LogP contribution < -0.4 is 10.1 Å². The maximum absolute atomic E-state index is 12.0. The van der Waals surface area contributed by atoms with Crippen molar-refractivity contribution in [2.75, 3.05) is 19.0 Å². The Hall–Kier alpha value is -2.99. The molecule has 1 heterocycles. The number of carbonyl (C=O) groups excluding carboxylic acids is 1. The predicted octanol–water partition coefficient (Wildman–Crippen LogP) is 5.23. The lowest BCUT2D eigenvalue weighted by atomic mass is 9.96. The van der Waals surface area contributed by atoms with Crippen molar-refractivity contribution in [3.63, 3.8) is 0 Å². The Morgan fingerprint density at radius 2 is 2.06 bits per heavy atom. The number of methoxy groups -OCH3 is 1. The summed E-state index contributed by atoms with van der Waals surface area (Å²) in [6.45, 7) is 3.30. The van der Waals surface area contributed by atoms with Crippen LogP contribution >= 0.6 is 11.6 Å². The van der Waals surface area contributed by atoms with Crippen LogP contribution in [-0.2, 0) is 22.5 Å². The molecule has 162 valence electrons. The van der Waals surface area contributed by atoms with Gasteiger partial charge < -0.3 is 19.4 Å². The van der Waals surface area contributed by atoms with E-state index in [1.807, 2.05) is 49.4 Å². The quantitative estimate of drug-likeness (QED) is 0.598. The minimum atomic E-state index is -0.310. The second kappa shape index (κ2) is 9.43. The number of aromatic nitrogens is 2. The van der Waals surface area contributed by atoms with Gasteiger partial charge in [-0.15, -0.1) is 0 Å². The van der Waals surface area contributed by atoms with Gasteiger partial charge in [-0.2, -0.15) is 0 Å². The van der Waals surface area contributed by atoms with Crippen LogP contribution in [0.2, 0.25) is 0 Å². The Kier molecular flexibility index (Phi) is 6.47. The van der Waals surface area contributed by atoms with Crippen molar-refractivity contribution in [2.45, 2.75) is 32.7 Å². The molecular weight excluding hydrogens is 414 g/mol. The summed E-state index contributed by atoms with van der Waals surface area (Å²) in [7, 11) is 1.41. The van der Waals surface area contributed by atoms with Crippen LogP contribution in [0.5, 0.6) is 5.75 Å². The third-order valence-corrected chi connectivity index (χ3v) is 5.77. The molecule has 0 spiro atoms. The number of ether oxygens (including phenoxy) is 2. The van der Waals surface area contributed by atoms with E-state index in [2.05, 4.69) is 16.0 Å². The summed E-state index contributed by atoms with van der Waals surface area (Å²) in [6, 6.07) is 7.81. The molecule has 7 heteroatoms. The number of allylic oxidation sites excluding steroid dienone is 4. The zero-order valence-electron chi connectivity index (χ0n) is 17.7. The second-order valence-electron chi connectivity index (χ2n) is 7.57. The van der Waals surface area contributed by atoms with Gasteiger partial charge in [0.25, 0.3) is 0 Å². The molecule has 4 rings (SSSR count). The Labute approximate surface area is 187 Å². The summed E-state index contributed by atoms with van der Waals surface area (Å²) in [4.78, 5) is 16.9. The van der Waals surface area contributed by atoms with E-state index >= 15 is 0 Å². The van der Waals surface area contributed by atoms with Gasteiger partial charge in [0.2, 0.25) is 5.95 Å². The van der Waals surface area contributed by atoms with Gasteiger partial charge in [-0.25, -0.2) is 4.98 Å². The SMILES string of the molecule is CCOc1ccc(Nc2nc3c(n2CC2=CC=C(Cl)CC2)C=CC(C(=O)OC)C3)cc1. The van der Waals surface area contributed by atoms with Crippen LogP contribution in [0.15, 0.2) is 53.1 Å². The fourth-order valence-electron chi connectivity index (χ4n) is 3.82. The fourth-order valence-corrected chi connectivity index (χ4v) is 3.98. The maximum atomic E-state index is 12.0. The highest BCUT2D eigenvalue weighted by Gasteiger charge is 2.27. The molecule has 1 N–H and O–H groups in total. The van der Waals surface area contributed by atoms with E-state index in [4.69, 9.17) is 26.1 Å². The Morgan fingerprint density at radius 1 is 1.26 bits per heavy atom. The Bertz CT molecular complexity index is 1050. The molecule has 2 aliphatic carbocycles. The van der Waals surface area contributed by atoms with Crippen molar-refractivity contribution in [3.8, 4) is 5.75 Å². The summed E-state index contributed by atoms with van der Waals surface area (Å²) in [6.07, 6.45) is 10.2. The zero-order valence-corrected chi connectivity index (χ0v) is 18.5. The maximum Gasteiger partial charge on any atom is 0.312 e. The lowest BCUT2D eigenvalue weighted by Gasteiger charge is -2.18. The molecule has 0 amide bonds. The highest BCUT2D eigenvalue weighted by molar-refractivity contribution is 6.29. The summed E-state index contributed by atoms with van der Waals surface area (Å²) in [5, 5.41) is 4.31. The standard InChI is InChI=1S/C24H26ClN3O3/c1-3-31-20-11-9-19(10-12-20)26-24-27-21-14-17(23(29)30-2)6-13-22(21)28(24)15-16-4-7-18(25)8-5-16/h4,6-7,9-13,17H,3,5,8,14-15H2,1-2H3,(H,26,27). The number of nitrogens with one attached hydrogen (secondary N) is 1. The number of hydrogen-bond donors (Lipinski definition) is 1. The van der Waals surface area contributed by atoms with Crippen LogP contribution in [0.4, 0.5) is 11.6 Å². The first-order chi connectivity index (χ1) is 15.1. The number of esters is 1. The molecular formula is C24H26ClN3O3. The molecule has 6 nitrogen and oxygen atoms in total. The summed E-state index contributed by atoms with van der Waals surface area (Å²) >= 11 is 6.13. The van der Waals surface area contributed by atoms with Gasteiger partial charge in [0, 0.05) is 23.7 Å². The van der Waals surface area contributed by atoms with Crippen LogP contribution in [0, 0.1) is 5.92 Å². The molecule has 0 bridgehead atoms. The molecule has 0 saturated heterocycles. The first kappa shape index (κ1) is 21.2. The molecule has 0 radical (unpaired) electrons. The molecule has 1 aromatic heterocycles. The first-order valence-electron chi connectivity index (χ1n) is 10.5. The van der Waals surface area contributed by atoms with Crippen molar-refractivity contribution < 1.29 is 14.3 Å². The van der Waals surface area contributed by atoms with Gasteiger partial charge in [-0.3, -0.25) is 4.79 Å². The average molecular weight is 440 g/mol. The molecule has 1 atom stereocenters. The van der Waals surface area contributed by atoms with Crippen LogP contribution in [0.25, 0.3) is 6.08 Å². The van der Waals surface area contributed by atoms with Gasteiger partial charge in [-0.1, -0.05) is 29.3 Å². The number of nitrogens with zero attached hydrogens (tertiary/aromatic N) is 2. The minimum absolute atomic E-state index is 0.243. The van der Waals surface area contributed by atoms with Gasteiger partial charge in [-0.05, 0) is 56.2 Å². The number of imidazole rings is 1. The molecule has 0 fully saturated rings. The third kappa shape index (κ3) is 4.85. The second-order valence-corrected chi connectivity index (χ2v) is 8.05. The Balaban J connectivity index is 1.64. The van der Waals surface area contributed by atoms with Crippen molar-refractivity contribution in [1.29, 1.82) is 0 Å². The largest absolute Gasteiger partial charge is 0.494 e. The van der Waals surface area contributed by atoms with Crippen molar-refractivity contribution in [3.05, 3.63) is 64.5 Å². The molecule has 2 aromatic rings. The smallest absolute Gasteiger partial charge is 0.312 e. The van der Waals surface area contributed by atoms with Crippen molar-refractivity contribution >= 4 is 35.3 Å². The van der Waals surface area contributed by atoms with E-state index in [1.165, 1.54) is 12.7 Å². The highest BCUT2D eigenvalue weighted by Crippen LogP contribution is 2.31. The number of carbonyl (C=O) groups is 1. The molecule has 31 heavy (non-hydrogen) atoms. The Morgan fingerprint density at radius 3 is 2.74 bits per heavy atom. The van der Waals surface area contributed by atoms with Crippen LogP contribution in [0.3, 0.4) is 0 Å². The summed E-state index contributed by atoms with van der Waals surface area (Å²) in [5.74, 6) is 1.02. The minimum Gasteiger partial charge on any atom is -0.494 e. The molecule has 2 aliphatic rings. The van der Waals surface area contributed by atoms with Gasteiger partial charge in [0.1, 0.15) is 5.75 Å². The zero-order chi connectivity index (χ0) is 21.8. The molecule has 0 aliphatic heterocycles. The average Bonchev–Trinajstić information content (AvgIpc) is 3.12. The first-order valence-corrected chi connectivity index (χ1v) is 10.8. The topological polar surface area (TPSA) is 65.4 Å². The highest BCUT2D eigenvalue weighted by atomic mass is 35.5. The predicted molar refractivity (Wildman–Crippen MR) is 123 cm³/mol. The van der Waals surface area contributed by atoms with E-state index in [0.717, 1.165) is 46.6 Å². The van der Waals surface area contributed by atoms with Gasteiger partial charge in [0.15, 0.2) is 0 Å². The number of fused-ring (bicyclic) bond motifs is 1. The summed E-state index contributed by atoms with van der Waals surface area (Å²) < 4.78 is 12.6. The van der Waals surface area contributed by atoms with Crippen molar-refractivity contribution in [2.24, 2.45) is 5.92 Å². The van der Waals surface area contributed by atoms with Gasteiger partial charge in [0.05, 0.1) is 31.0 Å². The molecule has 0 saturated carbocycles. The summed E-state index contributed by atoms with van der Waals surface area (Å²) in [5.41, 5.74) is 4.09. The lowest BCUT2D eigenvalue weighted by molar-refractivity contribution is -0.143. The van der Waals surface area contributed by atoms with Gasteiger partial charge >= 0.3 is 5.97 Å². The number of anilines is 2. The monoisotopic (exact) mass is 439 g/mol. The van der Waals surface area contributed by atoms with E-state index in [9.17, 15) is 4.79 Å². The van der Waals surface area contributed by atoms with E-state index in [0.29, 0.717) is 19.6 Å². The van der Waals surface area contributed by atoms with E-state index < -0.39 is 0 Å². The number of benzene rings is 1. The third-order valence-electron chi connectivity index (χ3n) is 5.45. The number of rotatable bonds is 7.